The van der Waals surface area contributed by atoms with Crippen LogP contribution in [0.1, 0.15) is 0 Å². The van der Waals surface area contributed by atoms with Crippen molar-refractivity contribution >= 4 is 38.1 Å². The standard InChI is InChI=1S/C14H8BrN3O/c15-8-5-11-14(16-6-8)18-13(17-11)10-7-19-12-4-2-1-3-9(10)12/h1-7H,(H,16,17,18). The molecule has 0 unspecified atom stereocenters. The molecule has 0 aliphatic heterocycles. The van der Waals surface area contributed by atoms with Gasteiger partial charge in [-0.05, 0) is 28.1 Å². The summed E-state index contributed by atoms with van der Waals surface area (Å²) in [5, 5.41) is 1.04. The Morgan fingerprint density at radius 2 is 2.11 bits per heavy atom. The van der Waals surface area contributed by atoms with Crippen molar-refractivity contribution in [2.45, 2.75) is 0 Å². The van der Waals surface area contributed by atoms with Gasteiger partial charge in [0.2, 0.25) is 0 Å². The lowest BCUT2D eigenvalue weighted by Gasteiger charge is -1.91. The van der Waals surface area contributed by atoms with E-state index in [9.17, 15) is 0 Å². The van der Waals surface area contributed by atoms with Crippen molar-refractivity contribution in [1.29, 1.82) is 0 Å². The van der Waals surface area contributed by atoms with Gasteiger partial charge in [-0.15, -0.1) is 0 Å². The molecule has 0 amide bonds. The smallest absolute Gasteiger partial charge is 0.178 e. The summed E-state index contributed by atoms with van der Waals surface area (Å²) in [5.74, 6) is 0.769. The predicted octanol–water partition coefficient (Wildman–Crippen LogP) is 4.13. The van der Waals surface area contributed by atoms with E-state index in [2.05, 4.69) is 30.9 Å². The minimum absolute atomic E-state index is 0.698. The highest BCUT2D eigenvalue weighted by Crippen LogP contribution is 2.29. The van der Waals surface area contributed by atoms with Crippen LogP contribution < -0.4 is 0 Å². The topological polar surface area (TPSA) is 54.7 Å². The maximum Gasteiger partial charge on any atom is 0.178 e. The molecule has 0 saturated carbocycles. The summed E-state index contributed by atoms with van der Waals surface area (Å²) in [6, 6.07) is 9.86. The van der Waals surface area contributed by atoms with E-state index in [0.717, 1.165) is 32.3 Å². The van der Waals surface area contributed by atoms with Gasteiger partial charge in [-0.3, -0.25) is 0 Å². The molecule has 5 heteroatoms. The fourth-order valence-corrected chi connectivity index (χ4v) is 2.49. The van der Waals surface area contributed by atoms with Crippen molar-refractivity contribution < 1.29 is 4.42 Å². The number of fused-ring (bicyclic) bond motifs is 2. The number of aromatic nitrogens is 3. The number of para-hydroxylation sites is 1. The first-order valence-electron chi connectivity index (χ1n) is 5.79. The van der Waals surface area contributed by atoms with E-state index in [-0.39, 0.29) is 0 Å². The van der Waals surface area contributed by atoms with Gasteiger partial charge in [-0.1, -0.05) is 18.2 Å². The molecule has 0 aliphatic rings. The minimum atomic E-state index is 0.698. The first kappa shape index (κ1) is 10.8. The molecule has 1 aromatic carbocycles. The van der Waals surface area contributed by atoms with Crippen LogP contribution in [0.5, 0.6) is 0 Å². The maximum atomic E-state index is 5.53. The summed E-state index contributed by atoms with van der Waals surface area (Å²) in [6.45, 7) is 0. The molecule has 3 heterocycles. The molecule has 0 spiro atoms. The Labute approximate surface area is 116 Å². The zero-order valence-corrected chi connectivity index (χ0v) is 11.3. The van der Waals surface area contributed by atoms with Crippen LogP contribution in [0, 0.1) is 0 Å². The van der Waals surface area contributed by atoms with Crippen molar-refractivity contribution in [1.82, 2.24) is 15.0 Å². The van der Waals surface area contributed by atoms with Crippen LogP contribution in [0.15, 0.2) is 51.7 Å². The number of H-pyrrole nitrogens is 1. The fourth-order valence-electron chi connectivity index (χ4n) is 2.16. The monoisotopic (exact) mass is 313 g/mol. The first-order chi connectivity index (χ1) is 9.31. The summed E-state index contributed by atoms with van der Waals surface area (Å²) in [7, 11) is 0. The van der Waals surface area contributed by atoms with Crippen molar-refractivity contribution in [3.8, 4) is 11.4 Å². The van der Waals surface area contributed by atoms with Crippen LogP contribution in [-0.4, -0.2) is 15.0 Å². The largest absolute Gasteiger partial charge is 0.464 e. The van der Waals surface area contributed by atoms with Gasteiger partial charge in [-0.2, -0.15) is 0 Å². The van der Waals surface area contributed by atoms with E-state index in [1.807, 2.05) is 30.3 Å². The van der Waals surface area contributed by atoms with E-state index in [0.29, 0.717) is 5.65 Å². The summed E-state index contributed by atoms with van der Waals surface area (Å²) in [6.07, 6.45) is 3.46. The number of aromatic amines is 1. The summed E-state index contributed by atoms with van der Waals surface area (Å²) >= 11 is 3.40. The SMILES string of the molecule is Brc1cnc2nc(-c3coc4ccccc34)[nH]c2c1. The van der Waals surface area contributed by atoms with E-state index < -0.39 is 0 Å². The second-order valence-electron chi connectivity index (χ2n) is 4.26. The minimum Gasteiger partial charge on any atom is -0.464 e. The lowest BCUT2D eigenvalue weighted by atomic mass is 10.2. The van der Waals surface area contributed by atoms with Crippen molar-refractivity contribution in [2.24, 2.45) is 0 Å². The summed E-state index contributed by atoms with van der Waals surface area (Å²) in [4.78, 5) is 12.0. The molecule has 4 rings (SSSR count). The Bertz CT molecular complexity index is 894. The zero-order chi connectivity index (χ0) is 12.8. The van der Waals surface area contributed by atoms with Crippen LogP contribution in [0.25, 0.3) is 33.5 Å². The van der Waals surface area contributed by atoms with Gasteiger partial charge in [0.1, 0.15) is 17.7 Å². The molecule has 0 fully saturated rings. The molecule has 0 radical (unpaired) electrons. The zero-order valence-electron chi connectivity index (χ0n) is 9.72. The molecule has 92 valence electrons. The molecule has 4 nitrogen and oxygen atoms in total. The van der Waals surface area contributed by atoms with Gasteiger partial charge >= 0.3 is 0 Å². The van der Waals surface area contributed by atoms with Gasteiger partial charge in [0.15, 0.2) is 5.65 Å². The normalized spacial score (nSPS) is 11.4. The van der Waals surface area contributed by atoms with E-state index in [4.69, 9.17) is 4.42 Å². The van der Waals surface area contributed by atoms with Crippen LogP contribution in [0.3, 0.4) is 0 Å². The number of hydrogen-bond acceptors (Lipinski definition) is 3. The number of hydrogen-bond donors (Lipinski definition) is 1. The Balaban J connectivity index is 1.99. The number of pyridine rings is 1. The number of nitrogens with zero attached hydrogens (tertiary/aromatic N) is 2. The number of rotatable bonds is 1. The predicted molar refractivity (Wildman–Crippen MR) is 76.8 cm³/mol. The van der Waals surface area contributed by atoms with E-state index in [1.54, 1.807) is 12.5 Å². The highest BCUT2D eigenvalue weighted by Gasteiger charge is 2.12. The van der Waals surface area contributed by atoms with Gasteiger partial charge in [0.05, 0.1) is 11.1 Å². The van der Waals surface area contributed by atoms with Gasteiger partial charge in [0.25, 0.3) is 0 Å². The highest BCUT2D eigenvalue weighted by atomic mass is 79.9. The Kier molecular flexibility index (Phi) is 2.22. The van der Waals surface area contributed by atoms with E-state index in [1.165, 1.54) is 0 Å². The quantitative estimate of drug-likeness (QED) is 0.574. The molecule has 4 aromatic rings. The van der Waals surface area contributed by atoms with Crippen LogP contribution in [-0.2, 0) is 0 Å². The van der Waals surface area contributed by atoms with Crippen LogP contribution >= 0.6 is 15.9 Å². The molecule has 0 aliphatic carbocycles. The lowest BCUT2D eigenvalue weighted by Crippen LogP contribution is -1.77. The molecular weight excluding hydrogens is 306 g/mol. The Morgan fingerprint density at radius 1 is 1.21 bits per heavy atom. The Morgan fingerprint density at radius 3 is 3.05 bits per heavy atom. The summed E-state index contributed by atoms with van der Waals surface area (Å²) < 4.78 is 6.46. The third-order valence-electron chi connectivity index (χ3n) is 3.04. The third kappa shape index (κ3) is 1.66. The van der Waals surface area contributed by atoms with Crippen molar-refractivity contribution in [3.05, 3.63) is 47.3 Å². The molecule has 0 bridgehead atoms. The second-order valence-corrected chi connectivity index (χ2v) is 5.17. The number of nitrogens with one attached hydrogen (secondary N) is 1. The molecule has 0 atom stereocenters. The van der Waals surface area contributed by atoms with Crippen molar-refractivity contribution in [2.75, 3.05) is 0 Å². The van der Waals surface area contributed by atoms with Gasteiger partial charge in [-0.25, -0.2) is 9.97 Å². The number of halogens is 1. The fraction of sp³-hybridized carbons (Fsp3) is 0. The van der Waals surface area contributed by atoms with Gasteiger partial charge < -0.3 is 9.40 Å². The number of furan rings is 1. The van der Waals surface area contributed by atoms with Crippen LogP contribution in [0.2, 0.25) is 0 Å². The molecule has 19 heavy (non-hydrogen) atoms. The highest BCUT2D eigenvalue weighted by molar-refractivity contribution is 9.10. The second kappa shape index (κ2) is 3.93. The van der Waals surface area contributed by atoms with Crippen molar-refractivity contribution in [3.63, 3.8) is 0 Å². The van der Waals surface area contributed by atoms with Gasteiger partial charge in [0, 0.05) is 16.1 Å². The average molecular weight is 314 g/mol. The maximum absolute atomic E-state index is 5.53. The molecule has 3 aromatic heterocycles. The number of benzene rings is 1. The molecular formula is C14H8BrN3O. The molecule has 1 N–H and O–H groups in total. The molecule has 0 saturated heterocycles. The third-order valence-corrected chi connectivity index (χ3v) is 3.47. The summed E-state index contributed by atoms with van der Waals surface area (Å²) in [5.41, 5.74) is 3.40. The lowest BCUT2D eigenvalue weighted by molar-refractivity contribution is 0.616. The van der Waals surface area contributed by atoms with Crippen LogP contribution in [0.4, 0.5) is 0 Å². The van der Waals surface area contributed by atoms with E-state index >= 15 is 0 Å². The number of imidazole rings is 1. The Hall–Kier alpha value is -2.14. The average Bonchev–Trinajstić information content (AvgIpc) is 3.00. The first-order valence-corrected chi connectivity index (χ1v) is 6.58.